The van der Waals surface area contributed by atoms with Gasteiger partial charge in [-0.1, -0.05) is 0 Å². The number of anilines is 1. The molecule has 1 atom stereocenters. The Kier molecular flexibility index (Phi) is 3.71. The lowest BCUT2D eigenvalue weighted by Crippen LogP contribution is -2.40. The summed E-state index contributed by atoms with van der Waals surface area (Å²) in [6, 6.07) is 9.58. The first-order valence-electron chi connectivity index (χ1n) is 9.42. The molecule has 2 aromatic carbocycles. The number of benzene rings is 2. The molecule has 0 spiro atoms. The van der Waals surface area contributed by atoms with Crippen molar-refractivity contribution in [2.45, 2.75) is 25.3 Å². The molecule has 2 N–H and O–H groups in total. The molecule has 0 saturated heterocycles. The standard InChI is InChI=1S/C22H22N2O5/c1-22(2)20-19(21(25)24-22)18(11-5-12(26-3)7-13(6-11)27-4)14-8-16-17(29-10-28-16)9-15(14)23-20/h5-9,18,23H,10H2,1-4H3,(H,24,25). The van der Waals surface area contributed by atoms with Crippen LogP contribution < -0.4 is 29.6 Å². The molecule has 7 nitrogen and oxygen atoms in total. The molecule has 29 heavy (non-hydrogen) atoms. The van der Waals surface area contributed by atoms with Crippen molar-refractivity contribution < 1.29 is 23.7 Å². The van der Waals surface area contributed by atoms with Crippen LogP contribution in [-0.2, 0) is 4.79 Å². The molecule has 150 valence electrons. The monoisotopic (exact) mass is 394 g/mol. The minimum Gasteiger partial charge on any atom is -0.497 e. The van der Waals surface area contributed by atoms with Gasteiger partial charge in [-0.2, -0.15) is 0 Å². The molecule has 7 heteroatoms. The van der Waals surface area contributed by atoms with Crippen LogP contribution in [0.5, 0.6) is 23.0 Å². The number of methoxy groups -OCH3 is 2. The van der Waals surface area contributed by atoms with E-state index in [4.69, 9.17) is 18.9 Å². The topological polar surface area (TPSA) is 78.1 Å². The number of fused-ring (bicyclic) bond motifs is 2. The maximum absolute atomic E-state index is 13.0. The van der Waals surface area contributed by atoms with Gasteiger partial charge in [0, 0.05) is 23.7 Å². The lowest BCUT2D eigenvalue weighted by Gasteiger charge is -2.32. The first-order valence-corrected chi connectivity index (χ1v) is 9.42. The molecule has 0 aliphatic carbocycles. The van der Waals surface area contributed by atoms with E-state index in [0.717, 1.165) is 22.5 Å². The minimum atomic E-state index is -0.512. The molecule has 1 unspecified atom stereocenters. The molecule has 3 aliphatic rings. The molecule has 0 bridgehead atoms. The van der Waals surface area contributed by atoms with Gasteiger partial charge in [0.05, 0.1) is 31.0 Å². The van der Waals surface area contributed by atoms with Gasteiger partial charge in [-0.05, 0) is 43.2 Å². The van der Waals surface area contributed by atoms with Crippen molar-refractivity contribution >= 4 is 11.6 Å². The van der Waals surface area contributed by atoms with E-state index in [1.54, 1.807) is 14.2 Å². The molecule has 0 fully saturated rings. The number of nitrogens with one attached hydrogen (secondary N) is 2. The highest BCUT2D eigenvalue weighted by Crippen LogP contribution is 2.51. The maximum atomic E-state index is 13.0. The third-order valence-corrected chi connectivity index (χ3v) is 5.68. The molecule has 1 amide bonds. The van der Waals surface area contributed by atoms with Crippen molar-refractivity contribution in [2.24, 2.45) is 0 Å². The van der Waals surface area contributed by atoms with Crippen molar-refractivity contribution in [3.63, 3.8) is 0 Å². The van der Waals surface area contributed by atoms with E-state index in [1.165, 1.54) is 0 Å². The number of ether oxygens (including phenoxy) is 4. The summed E-state index contributed by atoms with van der Waals surface area (Å²) < 4.78 is 22.1. The lowest BCUT2D eigenvalue weighted by molar-refractivity contribution is -0.117. The third-order valence-electron chi connectivity index (χ3n) is 5.68. The van der Waals surface area contributed by atoms with E-state index in [2.05, 4.69) is 10.6 Å². The van der Waals surface area contributed by atoms with Crippen LogP contribution in [0.4, 0.5) is 5.69 Å². The molecule has 0 saturated carbocycles. The number of rotatable bonds is 3. The normalized spacial score (nSPS) is 20.6. The summed E-state index contributed by atoms with van der Waals surface area (Å²) in [5, 5.41) is 6.55. The zero-order valence-corrected chi connectivity index (χ0v) is 16.7. The summed E-state index contributed by atoms with van der Waals surface area (Å²) in [7, 11) is 3.23. The minimum absolute atomic E-state index is 0.0902. The molecule has 3 heterocycles. The molecule has 2 aromatic rings. The Balaban J connectivity index is 1.77. The second-order valence-electron chi connectivity index (χ2n) is 7.86. The molecular weight excluding hydrogens is 372 g/mol. The molecule has 5 rings (SSSR count). The quantitative estimate of drug-likeness (QED) is 0.833. The van der Waals surface area contributed by atoms with Crippen LogP contribution in [0.3, 0.4) is 0 Å². The zero-order chi connectivity index (χ0) is 20.3. The van der Waals surface area contributed by atoms with Gasteiger partial charge >= 0.3 is 0 Å². The predicted octanol–water partition coefficient (Wildman–Crippen LogP) is 3.15. The summed E-state index contributed by atoms with van der Waals surface area (Å²) >= 11 is 0. The van der Waals surface area contributed by atoms with E-state index >= 15 is 0 Å². The predicted molar refractivity (Wildman–Crippen MR) is 107 cm³/mol. The van der Waals surface area contributed by atoms with Gasteiger partial charge < -0.3 is 29.6 Å². The van der Waals surface area contributed by atoms with E-state index in [9.17, 15) is 4.79 Å². The summed E-state index contributed by atoms with van der Waals surface area (Å²) in [6.07, 6.45) is 0. The van der Waals surface area contributed by atoms with Gasteiger partial charge in [-0.3, -0.25) is 4.79 Å². The highest BCUT2D eigenvalue weighted by atomic mass is 16.7. The summed E-state index contributed by atoms with van der Waals surface area (Å²) in [4.78, 5) is 13.0. The average Bonchev–Trinajstić information content (AvgIpc) is 3.25. The van der Waals surface area contributed by atoms with E-state index in [-0.39, 0.29) is 18.6 Å². The highest BCUT2D eigenvalue weighted by Gasteiger charge is 2.46. The van der Waals surface area contributed by atoms with Gasteiger partial charge in [0.15, 0.2) is 11.5 Å². The largest absolute Gasteiger partial charge is 0.497 e. The van der Waals surface area contributed by atoms with Crippen molar-refractivity contribution in [2.75, 3.05) is 26.3 Å². The van der Waals surface area contributed by atoms with Crippen LogP contribution in [0, 0.1) is 0 Å². The number of amides is 1. The fourth-order valence-electron chi connectivity index (χ4n) is 4.30. The Hall–Kier alpha value is -3.35. The van der Waals surface area contributed by atoms with Crippen LogP contribution in [0.25, 0.3) is 0 Å². The first kappa shape index (κ1) is 17.7. The van der Waals surface area contributed by atoms with Crippen LogP contribution in [0.2, 0.25) is 0 Å². The summed E-state index contributed by atoms with van der Waals surface area (Å²) in [5.41, 5.74) is 3.78. The van der Waals surface area contributed by atoms with Gasteiger partial charge in [-0.15, -0.1) is 0 Å². The SMILES string of the molecule is COc1cc(OC)cc(C2C3=C(Nc4cc5c(cc42)OCO5)C(C)(C)NC3=O)c1. The van der Waals surface area contributed by atoms with Gasteiger partial charge in [0.25, 0.3) is 5.91 Å². The van der Waals surface area contributed by atoms with E-state index in [0.29, 0.717) is 28.6 Å². The Labute approximate surface area is 168 Å². The zero-order valence-electron chi connectivity index (χ0n) is 16.7. The Morgan fingerprint density at radius 3 is 2.31 bits per heavy atom. The smallest absolute Gasteiger partial charge is 0.250 e. The summed E-state index contributed by atoms with van der Waals surface area (Å²) in [5.74, 6) is 2.30. The van der Waals surface area contributed by atoms with E-state index in [1.807, 2.05) is 44.2 Å². The molecule has 0 aromatic heterocycles. The second-order valence-corrected chi connectivity index (χ2v) is 7.86. The maximum Gasteiger partial charge on any atom is 0.250 e. The van der Waals surface area contributed by atoms with Crippen molar-refractivity contribution in [3.05, 3.63) is 52.7 Å². The van der Waals surface area contributed by atoms with Gasteiger partial charge in [0.1, 0.15) is 11.5 Å². The fourth-order valence-corrected chi connectivity index (χ4v) is 4.30. The van der Waals surface area contributed by atoms with Crippen LogP contribution in [-0.4, -0.2) is 32.5 Å². The number of carbonyl (C=O) groups excluding carboxylic acids is 1. The lowest BCUT2D eigenvalue weighted by atomic mass is 9.79. The Bertz CT molecular complexity index is 1050. The molecule has 3 aliphatic heterocycles. The average molecular weight is 394 g/mol. The van der Waals surface area contributed by atoms with E-state index < -0.39 is 5.54 Å². The second kappa shape index (κ2) is 6.07. The van der Waals surface area contributed by atoms with Gasteiger partial charge in [-0.25, -0.2) is 0 Å². The van der Waals surface area contributed by atoms with Crippen molar-refractivity contribution in [3.8, 4) is 23.0 Å². The van der Waals surface area contributed by atoms with Crippen LogP contribution >= 0.6 is 0 Å². The number of hydrogen-bond donors (Lipinski definition) is 2. The highest BCUT2D eigenvalue weighted by molar-refractivity contribution is 6.03. The van der Waals surface area contributed by atoms with Gasteiger partial charge in [0.2, 0.25) is 6.79 Å². The molecule has 0 radical (unpaired) electrons. The Morgan fingerprint density at radius 2 is 1.66 bits per heavy atom. The Morgan fingerprint density at radius 1 is 1.00 bits per heavy atom. The first-order chi connectivity index (χ1) is 13.9. The van der Waals surface area contributed by atoms with Crippen LogP contribution in [0.15, 0.2) is 41.6 Å². The number of hydrogen-bond acceptors (Lipinski definition) is 6. The van der Waals surface area contributed by atoms with Crippen molar-refractivity contribution in [1.29, 1.82) is 0 Å². The number of carbonyl (C=O) groups is 1. The third kappa shape index (κ3) is 2.61. The van der Waals surface area contributed by atoms with Crippen molar-refractivity contribution in [1.82, 2.24) is 5.32 Å². The summed E-state index contributed by atoms with van der Waals surface area (Å²) in [6.45, 7) is 4.16. The fraction of sp³-hybridized carbons (Fsp3) is 0.318. The molecular formula is C22H22N2O5. The van der Waals surface area contributed by atoms with Crippen LogP contribution in [0.1, 0.15) is 30.9 Å².